The second kappa shape index (κ2) is 6.75. The first kappa shape index (κ1) is 16.9. The largest absolute Gasteiger partial charge is 0.444 e. The predicted octanol–water partition coefficient (Wildman–Crippen LogP) is 3.87. The molecule has 1 fully saturated rings. The van der Waals surface area contributed by atoms with Gasteiger partial charge in [0.2, 0.25) is 0 Å². The van der Waals surface area contributed by atoms with Crippen molar-refractivity contribution in [2.45, 2.75) is 38.8 Å². The van der Waals surface area contributed by atoms with Crippen LogP contribution in [0.15, 0.2) is 23.3 Å². The fourth-order valence-electron chi connectivity index (χ4n) is 2.50. The minimum absolute atomic E-state index is 0.150. The molecule has 23 heavy (non-hydrogen) atoms. The minimum atomic E-state index is -0.567. The number of para-hydroxylation sites is 1. The Morgan fingerprint density at radius 3 is 2.91 bits per heavy atom. The Labute approximate surface area is 134 Å². The van der Waals surface area contributed by atoms with Crippen LogP contribution in [-0.2, 0) is 4.74 Å². The Kier molecular flexibility index (Phi) is 4.95. The topological polar surface area (TPSA) is 90.3 Å². The molecule has 7 nitrogen and oxygen atoms in total. The van der Waals surface area contributed by atoms with Crippen molar-refractivity contribution in [3.63, 3.8) is 0 Å². The zero-order valence-electron chi connectivity index (χ0n) is 13.4. The van der Waals surface area contributed by atoms with Crippen molar-refractivity contribution in [3.8, 4) is 0 Å². The van der Waals surface area contributed by atoms with Crippen LogP contribution in [0.25, 0.3) is 10.4 Å². The van der Waals surface area contributed by atoms with Crippen molar-refractivity contribution in [1.82, 2.24) is 5.32 Å². The summed E-state index contributed by atoms with van der Waals surface area (Å²) in [7, 11) is 0. The molecule has 1 aromatic rings. The summed E-state index contributed by atoms with van der Waals surface area (Å²) in [5.41, 5.74) is 8.54. The fourth-order valence-corrected chi connectivity index (χ4v) is 2.50. The lowest BCUT2D eigenvalue weighted by Gasteiger charge is -2.23. The third-order valence-electron chi connectivity index (χ3n) is 3.34. The number of nitrogens with one attached hydrogen (secondary N) is 1. The lowest BCUT2D eigenvalue weighted by atomic mass is 10.2. The van der Waals surface area contributed by atoms with Crippen molar-refractivity contribution in [3.05, 3.63) is 34.5 Å². The Balaban J connectivity index is 2.06. The Bertz CT molecular complexity index is 637. The summed E-state index contributed by atoms with van der Waals surface area (Å²) in [6.07, 6.45) is 0.164. The van der Waals surface area contributed by atoms with E-state index < -0.39 is 17.5 Å². The number of halogens is 1. The number of benzene rings is 1. The summed E-state index contributed by atoms with van der Waals surface area (Å²) in [4.78, 5) is 16.3. The second-order valence-corrected chi connectivity index (χ2v) is 6.37. The molecule has 0 aliphatic carbocycles. The molecule has 0 bridgehead atoms. The van der Waals surface area contributed by atoms with Gasteiger partial charge in [0.1, 0.15) is 11.4 Å². The van der Waals surface area contributed by atoms with E-state index in [2.05, 4.69) is 15.3 Å². The van der Waals surface area contributed by atoms with E-state index in [1.807, 2.05) is 0 Å². The number of carbonyl (C=O) groups excluding carboxylic acids is 1. The molecule has 0 radical (unpaired) electrons. The van der Waals surface area contributed by atoms with Crippen LogP contribution in [0.1, 0.15) is 27.2 Å². The van der Waals surface area contributed by atoms with Gasteiger partial charge >= 0.3 is 6.09 Å². The second-order valence-electron chi connectivity index (χ2n) is 6.37. The Morgan fingerprint density at radius 1 is 1.52 bits per heavy atom. The van der Waals surface area contributed by atoms with Crippen LogP contribution in [0.2, 0.25) is 0 Å². The third kappa shape index (κ3) is 4.50. The van der Waals surface area contributed by atoms with Gasteiger partial charge in [-0.1, -0.05) is 17.2 Å². The van der Waals surface area contributed by atoms with Crippen molar-refractivity contribution in [1.29, 1.82) is 0 Å². The highest BCUT2D eigenvalue weighted by atomic mass is 19.1. The molecule has 124 valence electrons. The van der Waals surface area contributed by atoms with Crippen LogP contribution in [0, 0.1) is 5.82 Å². The molecular weight excluding hydrogens is 301 g/mol. The van der Waals surface area contributed by atoms with E-state index in [1.165, 1.54) is 12.1 Å². The van der Waals surface area contributed by atoms with Crippen molar-refractivity contribution >= 4 is 17.5 Å². The van der Waals surface area contributed by atoms with Crippen LogP contribution >= 0.6 is 0 Å². The number of anilines is 1. The molecule has 1 atom stereocenters. The zero-order chi connectivity index (χ0) is 17.0. The van der Waals surface area contributed by atoms with Gasteiger partial charge in [0.25, 0.3) is 0 Å². The van der Waals surface area contributed by atoms with Gasteiger partial charge in [0.05, 0.1) is 17.4 Å². The molecule has 1 heterocycles. The molecule has 1 aromatic carbocycles. The quantitative estimate of drug-likeness (QED) is 0.520. The van der Waals surface area contributed by atoms with Gasteiger partial charge in [-0.15, -0.1) is 0 Å². The van der Waals surface area contributed by atoms with E-state index in [-0.39, 0.29) is 17.4 Å². The third-order valence-corrected chi connectivity index (χ3v) is 3.34. The van der Waals surface area contributed by atoms with Crippen LogP contribution in [-0.4, -0.2) is 30.8 Å². The number of amides is 1. The van der Waals surface area contributed by atoms with Crippen LogP contribution < -0.4 is 10.2 Å². The number of azide groups is 1. The van der Waals surface area contributed by atoms with E-state index in [9.17, 15) is 9.18 Å². The first-order valence-corrected chi connectivity index (χ1v) is 7.38. The van der Waals surface area contributed by atoms with Gasteiger partial charge < -0.3 is 15.0 Å². The molecule has 0 spiro atoms. The fraction of sp³-hybridized carbons (Fsp3) is 0.533. The average Bonchev–Trinajstić information content (AvgIpc) is 2.85. The van der Waals surface area contributed by atoms with E-state index in [0.717, 1.165) is 0 Å². The highest BCUT2D eigenvalue weighted by Crippen LogP contribution is 2.34. The van der Waals surface area contributed by atoms with E-state index in [1.54, 1.807) is 31.7 Å². The van der Waals surface area contributed by atoms with Crippen LogP contribution in [0.5, 0.6) is 0 Å². The van der Waals surface area contributed by atoms with Gasteiger partial charge in [0.15, 0.2) is 0 Å². The number of ether oxygens (including phenoxy) is 1. The smallest absolute Gasteiger partial charge is 0.407 e. The summed E-state index contributed by atoms with van der Waals surface area (Å²) in [6.45, 7) is 6.35. The maximum Gasteiger partial charge on any atom is 0.407 e. The molecule has 0 saturated carbocycles. The van der Waals surface area contributed by atoms with Crippen LogP contribution in [0.4, 0.5) is 20.6 Å². The van der Waals surface area contributed by atoms with Crippen molar-refractivity contribution < 1.29 is 13.9 Å². The number of rotatable bonds is 3. The number of alkyl carbamates (subject to hydrolysis) is 1. The number of hydrogen-bond acceptors (Lipinski definition) is 4. The molecule has 0 aromatic heterocycles. The Hall–Kier alpha value is -2.47. The van der Waals surface area contributed by atoms with Gasteiger partial charge in [-0.05, 0) is 38.8 Å². The average molecular weight is 321 g/mol. The highest BCUT2D eigenvalue weighted by molar-refractivity contribution is 5.70. The molecule has 1 aliphatic rings. The molecule has 2 rings (SSSR count). The maximum absolute atomic E-state index is 14.1. The Morgan fingerprint density at radius 2 is 2.26 bits per heavy atom. The first-order valence-electron chi connectivity index (χ1n) is 7.38. The predicted molar refractivity (Wildman–Crippen MR) is 85.2 cm³/mol. The summed E-state index contributed by atoms with van der Waals surface area (Å²) in [6, 6.07) is 4.23. The minimum Gasteiger partial charge on any atom is -0.444 e. The van der Waals surface area contributed by atoms with Crippen LogP contribution in [0.3, 0.4) is 0 Å². The summed E-state index contributed by atoms with van der Waals surface area (Å²) < 4.78 is 19.3. The molecule has 1 unspecified atom stereocenters. The molecule has 8 heteroatoms. The molecule has 1 saturated heterocycles. The standard InChI is InChI=1S/C15H20FN5O2/c1-15(2,3)23-14(22)18-10-7-8-21(9-10)13-11(16)5-4-6-12(13)19-20-17/h4-6,10H,7-9H2,1-3H3,(H,18,22). The van der Waals surface area contributed by atoms with E-state index in [0.29, 0.717) is 19.5 Å². The van der Waals surface area contributed by atoms with Gasteiger partial charge in [-0.2, -0.15) is 0 Å². The first-order chi connectivity index (χ1) is 10.8. The molecule has 1 N–H and O–H groups in total. The lowest BCUT2D eigenvalue weighted by Crippen LogP contribution is -2.40. The highest BCUT2D eigenvalue weighted by Gasteiger charge is 2.28. The molecule has 1 aliphatic heterocycles. The van der Waals surface area contributed by atoms with E-state index in [4.69, 9.17) is 10.3 Å². The molecule has 1 amide bonds. The van der Waals surface area contributed by atoms with E-state index >= 15 is 0 Å². The van der Waals surface area contributed by atoms with Gasteiger partial charge in [0, 0.05) is 18.0 Å². The number of nitrogens with zero attached hydrogens (tertiary/aromatic N) is 4. The van der Waals surface area contributed by atoms with Gasteiger partial charge in [-0.25, -0.2) is 9.18 Å². The number of carbonyl (C=O) groups is 1. The van der Waals surface area contributed by atoms with Gasteiger partial charge in [-0.3, -0.25) is 0 Å². The zero-order valence-corrected chi connectivity index (χ0v) is 13.4. The van der Waals surface area contributed by atoms with Crippen molar-refractivity contribution in [2.75, 3.05) is 18.0 Å². The lowest BCUT2D eigenvalue weighted by molar-refractivity contribution is 0.0509. The van der Waals surface area contributed by atoms with Crippen molar-refractivity contribution in [2.24, 2.45) is 5.11 Å². The monoisotopic (exact) mass is 321 g/mol. The number of hydrogen-bond donors (Lipinski definition) is 1. The summed E-state index contributed by atoms with van der Waals surface area (Å²) >= 11 is 0. The molecular formula is C15H20FN5O2. The summed E-state index contributed by atoms with van der Waals surface area (Å²) in [5, 5.41) is 6.31. The maximum atomic E-state index is 14.1. The summed E-state index contributed by atoms with van der Waals surface area (Å²) in [5.74, 6) is -0.451. The SMILES string of the molecule is CC(C)(C)OC(=O)NC1CCN(c2c(F)cccc2N=[N+]=[N-])C1. The normalized spacial score (nSPS) is 17.6.